The van der Waals surface area contributed by atoms with Gasteiger partial charge < -0.3 is 10.0 Å². The summed E-state index contributed by atoms with van der Waals surface area (Å²) in [5.74, 6) is -0.945. The van der Waals surface area contributed by atoms with Gasteiger partial charge in [-0.1, -0.05) is 18.2 Å². The third-order valence-electron chi connectivity index (χ3n) is 4.61. The van der Waals surface area contributed by atoms with E-state index in [9.17, 15) is 23.1 Å². The second-order valence-corrected chi connectivity index (χ2v) is 7.31. The number of halogens is 3. The molecule has 1 aliphatic rings. The van der Waals surface area contributed by atoms with Gasteiger partial charge in [0.15, 0.2) is 5.69 Å². The molecule has 1 aromatic heterocycles. The number of nitrogens with zero attached hydrogens (tertiary/aromatic N) is 2. The number of hydrogen-bond acceptors (Lipinski definition) is 4. The summed E-state index contributed by atoms with van der Waals surface area (Å²) < 4.78 is 38.2. The zero-order chi connectivity index (χ0) is 18.7. The molecule has 0 spiro atoms. The number of piperidine rings is 1. The number of alkyl halides is 3. The number of hydrogen-bond donors (Lipinski definition) is 1. The first-order valence-corrected chi connectivity index (χ1v) is 9.28. The zero-order valence-electron chi connectivity index (χ0n) is 14.0. The Hall–Kier alpha value is -1.93. The fourth-order valence-electron chi connectivity index (χ4n) is 3.29. The fourth-order valence-corrected chi connectivity index (χ4v) is 4.25. The Kier molecular flexibility index (Phi) is 5.62. The van der Waals surface area contributed by atoms with Crippen LogP contribution in [-0.4, -0.2) is 40.6 Å². The molecule has 1 unspecified atom stereocenters. The molecule has 1 saturated heterocycles. The summed E-state index contributed by atoms with van der Waals surface area (Å²) in [5.41, 5.74) is 0.261. The average Bonchev–Trinajstić information content (AvgIpc) is 3.11. The molecular weight excluding hydrogens is 365 g/mol. The molecule has 8 heteroatoms. The highest BCUT2D eigenvalue weighted by atomic mass is 32.1. The molecule has 1 aliphatic heterocycles. The lowest BCUT2D eigenvalue weighted by atomic mass is 9.97. The molecule has 0 aliphatic carbocycles. The Morgan fingerprint density at radius 3 is 2.81 bits per heavy atom. The molecule has 2 aromatic rings. The summed E-state index contributed by atoms with van der Waals surface area (Å²) in [6, 6.07) is 6.91. The van der Waals surface area contributed by atoms with Crippen molar-refractivity contribution in [3.63, 3.8) is 0 Å². The van der Waals surface area contributed by atoms with Crippen molar-refractivity contribution >= 4 is 17.3 Å². The van der Waals surface area contributed by atoms with Gasteiger partial charge in [-0.2, -0.15) is 13.2 Å². The summed E-state index contributed by atoms with van der Waals surface area (Å²) in [6.45, 7) is 2.20. The van der Waals surface area contributed by atoms with Crippen LogP contribution in [-0.2, 0) is 12.6 Å². The van der Waals surface area contributed by atoms with E-state index < -0.39 is 17.8 Å². The number of thiazole rings is 1. The van der Waals surface area contributed by atoms with E-state index in [-0.39, 0.29) is 5.92 Å². The van der Waals surface area contributed by atoms with E-state index in [4.69, 9.17) is 0 Å². The lowest BCUT2D eigenvalue weighted by molar-refractivity contribution is -0.140. The SMILES string of the molecule is O=C(O)c1ccccc1CCN1CCCC(c2nc(C(F)(F)F)cs2)C1. The minimum absolute atomic E-state index is 0.000400. The number of carboxylic acids is 1. The maximum Gasteiger partial charge on any atom is 0.434 e. The van der Waals surface area contributed by atoms with Crippen LogP contribution in [0.3, 0.4) is 0 Å². The monoisotopic (exact) mass is 384 g/mol. The number of likely N-dealkylation sites (tertiary alicyclic amines) is 1. The van der Waals surface area contributed by atoms with Crippen LogP contribution in [0.15, 0.2) is 29.6 Å². The smallest absolute Gasteiger partial charge is 0.434 e. The fraction of sp³-hybridized carbons (Fsp3) is 0.444. The highest BCUT2D eigenvalue weighted by molar-refractivity contribution is 7.09. The predicted octanol–water partition coefficient (Wildman–Crippen LogP) is 4.28. The molecule has 0 amide bonds. The Bertz CT molecular complexity index is 776. The van der Waals surface area contributed by atoms with Gasteiger partial charge in [0.05, 0.1) is 10.6 Å². The molecule has 1 fully saturated rings. The highest BCUT2D eigenvalue weighted by Gasteiger charge is 2.35. The van der Waals surface area contributed by atoms with Crippen molar-refractivity contribution in [2.75, 3.05) is 19.6 Å². The second-order valence-electron chi connectivity index (χ2n) is 6.42. The van der Waals surface area contributed by atoms with Gasteiger partial charge in [0, 0.05) is 24.4 Å². The second kappa shape index (κ2) is 7.75. The molecule has 0 radical (unpaired) electrons. The van der Waals surface area contributed by atoms with Crippen molar-refractivity contribution in [3.8, 4) is 0 Å². The summed E-state index contributed by atoms with van der Waals surface area (Å²) in [5, 5.41) is 10.9. The van der Waals surface area contributed by atoms with Crippen molar-refractivity contribution in [1.29, 1.82) is 0 Å². The van der Waals surface area contributed by atoms with E-state index in [0.717, 1.165) is 41.7 Å². The first-order valence-electron chi connectivity index (χ1n) is 8.41. The largest absolute Gasteiger partial charge is 0.478 e. The van der Waals surface area contributed by atoms with Gasteiger partial charge in [-0.05, 0) is 37.4 Å². The quantitative estimate of drug-likeness (QED) is 0.836. The normalized spacial score (nSPS) is 18.8. The number of rotatable bonds is 5. The summed E-state index contributed by atoms with van der Waals surface area (Å²) in [6.07, 6.45) is -2.08. The standard InChI is InChI=1S/C18H19F3N2O2S/c19-18(20,21)15-11-26-16(22-15)13-5-3-8-23(10-13)9-7-12-4-1-2-6-14(12)17(24)25/h1-2,4,6,11,13H,3,5,7-10H2,(H,24,25). The number of benzene rings is 1. The molecule has 1 aromatic carbocycles. The van der Waals surface area contributed by atoms with Gasteiger partial charge in [0.25, 0.3) is 0 Å². The third kappa shape index (κ3) is 4.42. The predicted molar refractivity (Wildman–Crippen MR) is 92.6 cm³/mol. The molecule has 140 valence electrons. The number of carbonyl (C=O) groups is 1. The van der Waals surface area contributed by atoms with E-state index in [2.05, 4.69) is 9.88 Å². The Labute approximate surface area is 153 Å². The van der Waals surface area contributed by atoms with Crippen LogP contribution in [0.1, 0.15) is 45.4 Å². The first-order chi connectivity index (χ1) is 12.3. The Balaban J connectivity index is 1.62. The molecule has 26 heavy (non-hydrogen) atoms. The van der Waals surface area contributed by atoms with Crippen LogP contribution >= 0.6 is 11.3 Å². The van der Waals surface area contributed by atoms with Gasteiger partial charge in [0.2, 0.25) is 0 Å². The number of aromatic carboxylic acids is 1. The zero-order valence-corrected chi connectivity index (χ0v) is 14.8. The molecule has 1 N–H and O–H groups in total. The molecule has 1 atom stereocenters. The summed E-state index contributed by atoms with van der Waals surface area (Å²) in [7, 11) is 0. The van der Waals surface area contributed by atoms with E-state index in [0.29, 0.717) is 30.1 Å². The van der Waals surface area contributed by atoms with Crippen molar-refractivity contribution in [2.24, 2.45) is 0 Å². The number of carboxylic acid groups (broad SMARTS) is 1. The Morgan fingerprint density at radius 2 is 2.12 bits per heavy atom. The molecule has 0 bridgehead atoms. The lowest BCUT2D eigenvalue weighted by Gasteiger charge is -2.31. The maximum atomic E-state index is 12.7. The topological polar surface area (TPSA) is 53.4 Å². The van der Waals surface area contributed by atoms with E-state index in [1.54, 1.807) is 18.2 Å². The van der Waals surface area contributed by atoms with Crippen LogP contribution in [0, 0.1) is 0 Å². The van der Waals surface area contributed by atoms with Crippen LogP contribution in [0.5, 0.6) is 0 Å². The molecule has 4 nitrogen and oxygen atoms in total. The van der Waals surface area contributed by atoms with Crippen LogP contribution < -0.4 is 0 Å². The summed E-state index contributed by atoms with van der Waals surface area (Å²) in [4.78, 5) is 17.2. The highest BCUT2D eigenvalue weighted by Crippen LogP contribution is 2.35. The van der Waals surface area contributed by atoms with Crippen LogP contribution in [0.2, 0.25) is 0 Å². The van der Waals surface area contributed by atoms with Gasteiger partial charge in [0.1, 0.15) is 0 Å². The van der Waals surface area contributed by atoms with Gasteiger partial charge in [-0.25, -0.2) is 9.78 Å². The molecule has 0 saturated carbocycles. The average molecular weight is 384 g/mol. The van der Waals surface area contributed by atoms with E-state index >= 15 is 0 Å². The molecule has 3 rings (SSSR count). The minimum Gasteiger partial charge on any atom is -0.478 e. The van der Waals surface area contributed by atoms with Gasteiger partial charge in [-0.15, -0.1) is 11.3 Å². The van der Waals surface area contributed by atoms with Crippen LogP contribution in [0.4, 0.5) is 13.2 Å². The molecular formula is C18H19F3N2O2S. The Morgan fingerprint density at radius 1 is 1.35 bits per heavy atom. The summed E-state index contributed by atoms with van der Waals surface area (Å²) >= 11 is 1.07. The van der Waals surface area contributed by atoms with Gasteiger partial charge >= 0.3 is 12.1 Å². The van der Waals surface area contributed by atoms with Crippen molar-refractivity contribution in [2.45, 2.75) is 31.4 Å². The maximum absolute atomic E-state index is 12.7. The third-order valence-corrected chi connectivity index (χ3v) is 5.62. The van der Waals surface area contributed by atoms with Gasteiger partial charge in [-0.3, -0.25) is 0 Å². The van der Waals surface area contributed by atoms with E-state index in [1.807, 2.05) is 6.07 Å². The van der Waals surface area contributed by atoms with Crippen molar-refractivity contribution in [1.82, 2.24) is 9.88 Å². The minimum atomic E-state index is -4.40. The van der Waals surface area contributed by atoms with Crippen molar-refractivity contribution < 1.29 is 23.1 Å². The number of aromatic nitrogens is 1. The molecule has 2 heterocycles. The lowest BCUT2D eigenvalue weighted by Crippen LogP contribution is -2.36. The van der Waals surface area contributed by atoms with E-state index in [1.165, 1.54) is 0 Å². The van der Waals surface area contributed by atoms with Crippen LogP contribution in [0.25, 0.3) is 0 Å². The first kappa shape index (κ1) is 18.8. The van der Waals surface area contributed by atoms with Crippen molar-refractivity contribution in [3.05, 3.63) is 51.5 Å².